The molecular weight excluding hydrogens is 368 g/mol. The number of rotatable bonds is 3. The molecule has 9 heteroatoms. The zero-order chi connectivity index (χ0) is 19.0. The maximum atomic E-state index is 12.5. The third-order valence-corrected chi connectivity index (χ3v) is 5.48. The number of thiophene rings is 1. The molecule has 138 valence electrons. The van der Waals surface area contributed by atoms with Crippen molar-refractivity contribution in [2.45, 2.75) is 0 Å². The predicted octanol–water partition coefficient (Wildman–Crippen LogP) is 1.65. The standard InChI is InChI=1S/C18H16N4O4S/c23-16-14(18(25)26)15(11-10-19-4-3-12(11)20-16)21-5-7-22(8-6-21)17(24)13-2-1-9-27-13/h1-4,9-10H,5-8H2,(H,20,23)(H,25,26). The van der Waals surface area contributed by atoms with E-state index in [1.165, 1.54) is 11.3 Å². The summed E-state index contributed by atoms with van der Waals surface area (Å²) in [6.45, 7) is 1.77. The average molecular weight is 384 g/mol. The lowest BCUT2D eigenvalue weighted by molar-refractivity contribution is 0.0691. The van der Waals surface area contributed by atoms with E-state index >= 15 is 0 Å². The molecule has 1 amide bonds. The van der Waals surface area contributed by atoms with E-state index in [-0.39, 0.29) is 11.5 Å². The molecule has 0 aromatic carbocycles. The number of carboxylic acid groups (broad SMARTS) is 1. The minimum absolute atomic E-state index is 0.0273. The number of amides is 1. The molecule has 1 aliphatic rings. The number of nitrogens with one attached hydrogen (secondary N) is 1. The number of piperazine rings is 1. The van der Waals surface area contributed by atoms with Crippen LogP contribution in [0.3, 0.4) is 0 Å². The molecule has 8 nitrogen and oxygen atoms in total. The summed E-state index contributed by atoms with van der Waals surface area (Å²) in [5.74, 6) is -1.31. The highest BCUT2D eigenvalue weighted by Crippen LogP contribution is 2.28. The number of hydrogen-bond donors (Lipinski definition) is 2. The number of carboxylic acids is 1. The molecule has 0 bridgehead atoms. The molecule has 0 aliphatic carbocycles. The fourth-order valence-corrected chi connectivity index (χ4v) is 4.03. The Bertz CT molecular complexity index is 1070. The van der Waals surface area contributed by atoms with Crippen LogP contribution in [0.15, 0.2) is 40.8 Å². The summed E-state index contributed by atoms with van der Waals surface area (Å²) < 4.78 is 0. The summed E-state index contributed by atoms with van der Waals surface area (Å²) in [5, 5.41) is 12.0. The van der Waals surface area contributed by atoms with Crippen molar-refractivity contribution in [3.8, 4) is 0 Å². The van der Waals surface area contributed by atoms with Crippen molar-refractivity contribution in [2.24, 2.45) is 0 Å². The molecule has 0 radical (unpaired) electrons. The Kier molecular flexibility index (Phi) is 4.36. The van der Waals surface area contributed by atoms with Gasteiger partial charge in [0.25, 0.3) is 11.5 Å². The van der Waals surface area contributed by atoms with Crippen LogP contribution < -0.4 is 10.5 Å². The number of fused-ring (bicyclic) bond motifs is 1. The van der Waals surface area contributed by atoms with Gasteiger partial charge in [-0.2, -0.15) is 0 Å². The van der Waals surface area contributed by atoms with E-state index in [0.29, 0.717) is 47.6 Å². The number of aromatic nitrogens is 2. The van der Waals surface area contributed by atoms with Gasteiger partial charge in [0.15, 0.2) is 0 Å². The second-order valence-corrected chi connectivity index (χ2v) is 7.11. The lowest BCUT2D eigenvalue weighted by Crippen LogP contribution is -2.49. The van der Waals surface area contributed by atoms with Crippen LogP contribution in [0.5, 0.6) is 0 Å². The molecule has 1 fully saturated rings. The van der Waals surface area contributed by atoms with Crippen LogP contribution in [0.1, 0.15) is 20.0 Å². The predicted molar refractivity (Wildman–Crippen MR) is 102 cm³/mol. The third kappa shape index (κ3) is 3.06. The molecule has 0 unspecified atom stereocenters. The van der Waals surface area contributed by atoms with E-state index in [2.05, 4.69) is 9.97 Å². The number of carbonyl (C=O) groups excluding carboxylic acids is 1. The maximum absolute atomic E-state index is 12.5. The Morgan fingerprint density at radius 2 is 1.96 bits per heavy atom. The van der Waals surface area contributed by atoms with Gasteiger partial charge in [-0.3, -0.25) is 14.6 Å². The van der Waals surface area contributed by atoms with Crippen LogP contribution in [0.25, 0.3) is 10.9 Å². The Hall–Kier alpha value is -3.20. The molecule has 3 aromatic heterocycles. The highest BCUT2D eigenvalue weighted by molar-refractivity contribution is 7.12. The number of hydrogen-bond acceptors (Lipinski definition) is 6. The summed E-state index contributed by atoms with van der Waals surface area (Å²) >= 11 is 1.40. The third-order valence-electron chi connectivity index (χ3n) is 4.62. The van der Waals surface area contributed by atoms with Gasteiger partial charge in [0.2, 0.25) is 0 Å². The van der Waals surface area contributed by atoms with Crippen LogP contribution >= 0.6 is 11.3 Å². The normalized spacial score (nSPS) is 14.5. The Morgan fingerprint density at radius 3 is 2.63 bits per heavy atom. The maximum Gasteiger partial charge on any atom is 0.343 e. The molecule has 3 aromatic rings. The highest BCUT2D eigenvalue weighted by Gasteiger charge is 2.28. The van der Waals surface area contributed by atoms with E-state index < -0.39 is 11.5 Å². The van der Waals surface area contributed by atoms with Gasteiger partial charge < -0.3 is 19.9 Å². The van der Waals surface area contributed by atoms with Crippen molar-refractivity contribution in [3.63, 3.8) is 0 Å². The zero-order valence-corrected chi connectivity index (χ0v) is 15.0. The van der Waals surface area contributed by atoms with Gasteiger partial charge >= 0.3 is 5.97 Å². The summed E-state index contributed by atoms with van der Waals surface area (Å²) in [7, 11) is 0. The second-order valence-electron chi connectivity index (χ2n) is 6.16. The summed E-state index contributed by atoms with van der Waals surface area (Å²) in [5.41, 5.74) is -0.0495. The molecular formula is C18H16N4O4S. The number of carbonyl (C=O) groups is 2. The van der Waals surface area contributed by atoms with Gasteiger partial charge in [-0.15, -0.1) is 11.3 Å². The van der Waals surface area contributed by atoms with Crippen LogP contribution in [-0.4, -0.2) is 58.0 Å². The molecule has 1 saturated heterocycles. The van der Waals surface area contributed by atoms with E-state index in [0.717, 1.165) is 0 Å². The van der Waals surface area contributed by atoms with Crippen LogP contribution in [-0.2, 0) is 0 Å². The van der Waals surface area contributed by atoms with Gasteiger partial charge in [0.1, 0.15) is 5.56 Å². The van der Waals surface area contributed by atoms with E-state index in [9.17, 15) is 19.5 Å². The van der Waals surface area contributed by atoms with Crippen molar-refractivity contribution < 1.29 is 14.7 Å². The number of anilines is 1. The summed E-state index contributed by atoms with van der Waals surface area (Å²) in [6.07, 6.45) is 3.09. The Balaban J connectivity index is 1.68. The van der Waals surface area contributed by atoms with Crippen LogP contribution in [0, 0.1) is 0 Å². The first-order chi connectivity index (χ1) is 13.1. The summed E-state index contributed by atoms with van der Waals surface area (Å²) in [4.78, 5) is 47.5. The minimum atomic E-state index is -1.28. The van der Waals surface area contributed by atoms with Gasteiger partial charge in [0.05, 0.1) is 16.1 Å². The topological polar surface area (TPSA) is 107 Å². The van der Waals surface area contributed by atoms with Crippen molar-refractivity contribution in [1.29, 1.82) is 0 Å². The number of aromatic carboxylic acids is 1. The second kappa shape index (κ2) is 6.84. The molecule has 0 spiro atoms. The average Bonchev–Trinajstić information content (AvgIpc) is 3.21. The van der Waals surface area contributed by atoms with E-state index in [4.69, 9.17) is 0 Å². The lowest BCUT2D eigenvalue weighted by Gasteiger charge is -2.36. The zero-order valence-electron chi connectivity index (χ0n) is 14.2. The Morgan fingerprint density at radius 1 is 1.19 bits per heavy atom. The first-order valence-electron chi connectivity index (χ1n) is 8.37. The number of aromatic amines is 1. The van der Waals surface area contributed by atoms with Gasteiger partial charge in [-0.25, -0.2) is 4.79 Å². The molecule has 1 aliphatic heterocycles. The quantitative estimate of drug-likeness (QED) is 0.711. The van der Waals surface area contributed by atoms with Crippen molar-refractivity contribution in [3.05, 3.63) is 56.8 Å². The van der Waals surface area contributed by atoms with Gasteiger partial charge in [-0.05, 0) is 17.5 Å². The fourth-order valence-electron chi connectivity index (χ4n) is 3.34. The van der Waals surface area contributed by atoms with E-state index in [1.807, 2.05) is 16.3 Å². The van der Waals surface area contributed by atoms with Crippen molar-refractivity contribution >= 4 is 39.8 Å². The summed E-state index contributed by atoms with van der Waals surface area (Å²) in [6, 6.07) is 5.27. The number of nitrogens with zero attached hydrogens (tertiary/aromatic N) is 3. The number of H-pyrrole nitrogens is 1. The van der Waals surface area contributed by atoms with Crippen molar-refractivity contribution in [1.82, 2.24) is 14.9 Å². The van der Waals surface area contributed by atoms with Gasteiger partial charge in [0, 0.05) is 44.0 Å². The SMILES string of the molecule is O=C(O)c1c(N2CCN(C(=O)c3cccs3)CC2)c2cnccc2[nH]c1=O. The van der Waals surface area contributed by atoms with E-state index in [1.54, 1.807) is 29.4 Å². The van der Waals surface area contributed by atoms with Crippen molar-refractivity contribution in [2.75, 3.05) is 31.1 Å². The smallest absolute Gasteiger partial charge is 0.343 e. The first-order valence-corrected chi connectivity index (χ1v) is 9.25. The fraction of sp³-hybridized carbons (Fsp3) is 0.222. The largest absolute Gasteiger partial charge is 0.477 e. The molecule has 4 rings (SSSR count). The molecule has 0 saturated carbocycles. The molecule has 27 heavy (non-hydrogen) atoms. The minimum Gasteiger partial charge on any atom is -0.477 e. The lowest BCUT2D eigenvalue weighted by atomic mass is 10.1. The number of pyridine rings is 2. The molecule has 0 atom stereocenters. The molecule has 4 heterocycles. The monoisotopic (exact) mass is 384 g/mol. The molecule has 2 N–H and O–H groups in total. The first kappa shape index (κ1) is 17.2. The van der Waals surface area contributed by atoms with Gasteiger partial charge in [-0.1, -0.05) is 6.07 Å². The van der Waals surface area contributed by atoms with Crippen LogP contribution in [0.4, 0.5) is 5.69 Å². The van der Waals surface area contributed by atoms with Crippen LogP contribution in [0.2, 0.25) is 0 Å². The Labute approximate surface area is 157 Å². The highest BCUT2D eigenvalue weighted by atomic mass is 32.1.